The number of fused-ring (bicyclic) bond motifs is 1. The van der Waals surface area contributed by atoms with Gasteiger partial charge in [-0.3, -0.25) is 4.79 Å². The topological polar surface area (TPSA) is 59.3 Å². The van der Waals surface area contributed by atoms with Crippen molar-refractivity contribution in [1.29, 1.82) is 0 Å². The number of imidazole rings is 1. The van der Waals surface area contributed by atoms with Gasteiger partial charge in [-0.25, -0.2) is 10.4 Å². The van der Waals surface area contributed by atoms with Gasteiger partial charge in [0.2, 0.25) is 5.91 Å². The highest BCUT2D eigenvalue weighted by Gasteiger charge is 2.14. The number of hydrogen-bond donors (Lipinski definition) is 1. The molecule has 0 spiro atoms. The monoisotopic (exact) mass is 340 g/mol. The van der Waals surface area contributed by atoms with E-state index in [9.17, 15) is 4.79 Å². The fraction of sp³-hybridized carbons (Fsp3) is 0.167. The molecule has 1 amide bonds. The smallest absolute Gasteiger partial charge is 0.244 e. The molecule has 0 unspecified atom stereocenters. The van der Waals surface area contributed by atoms with Crippen LogP contribution < -0.4 is 5.43 Å². The third-order valence-electron chi connectivity index (χ3n) is 3.73. The Morgan fingerprint density at radius 3 is 2.88 bits per heavy atom. The maximum atomic E-state index is 12.2. The molecule has 0 bridgehead atoms. The number of hydrogen-bond acceptors (Lipinski definition) is 3. The maximum absolute atomic E-state index is 12.2. The lowest BCUT2D eigenvalue weighted by atomic mass is 10.1. The van der Waals surface area contributed by atoms with Gasteiger partial charge < -0.3 is 4.57 Å². The molecular weight excluding hydrogens is 324 g/mol. The predicted molar refractivity (Wildman–Crippen MR) is 96.1 cm³/mol. The third kappa shape index (κ3) is 3.63. The summed E-state index contributed by atoms with van der Waals surface area (Å²) in [5, 5.41) is 4.57. The molecule has 3 rings (SSSR count). The minimum absolute atomic E-state index is 0.156. The number of aromatic nitrogens is 2. The lowest BCUT2D eigenvalue weighted by Gasteiger charge is -2.11. The molecule has 2 aromatic carbocycles. The average Bonchev–Trinajstić information content (AvgIpc) is 2.99. The van der Waals surface area contributed by atoms with Crippen molar-refractivity contribution in [3.05, 3.63) is 65.4 Å². The Bertz CT molecular complexity index is 887. The van der Waals surface area contributed by atoms with E-state index in [0.717, 1.165) is 16.6 Å². The van der Waals surface area contributed by atoms with Crippen LogP contribution in [0.15, 0.2) is 60.0 Å². The van der Waals surface area contributed by atoms with Crippen molar-refractivity contribution in [3.63, 3.8) is 0 Å². The van der Waals surface area contributed by atoms with E-state index in [0.29, 0.717) is 11.6 Å². The zero-order valence-corrected chi connectivity index (χ0v) is 13.9. The normalized spacial score (nSPS) is 12.6. The average molecular weight is 341 g/mol. The molecule has 3 aromatic rings. The molecule has 1 aromatic heterocycles. The van der Waals surface area contributed by atoms with E-state index in [1.165, 1.54) is 0 Å². The van der Waals surface area contributed by atoms with Gasteiger partial charge in [0, 0.05) is 17.1 Å². The number of para-hydroxylation sites is 2. The Morgan fingerprint density at radius 2 is 2.04 bits per heavy atom. The van der Waals surface area contributed by atoms with Crippen LogP contribution in [-0.4, -0.2) is 21.7 Å². The number of hydrazone groups is 1. The molecule has 122 valence electrons. The van der Waals surface area contributed by atoms with E-state index in [-0.39, 0.29) is 11.8 Å². The number of rotatable bonds is 5. The van der Waals surface area contributed by atoms with Gasteiger partial charge in [-0.15, -0.1) is 0 Å². The van der Waals surface area contributed by atoms with Crippen LogP contribution >= 0.6 is 11.6 Å². The molecule has 1 atom stereocenters. The summed E-state index contributed by atoms with van der Waals surface area (Å²) in [7, 11) is 0. The van der Waals surface area contributed by atoms with Crippen molar-refractivity contribution < 1.29 is 4.79 Å². The molecule has 5 nitrogen and oxygen atoms in total. The summed E-state index contributed by atoms with van der Waals surface area (Å²) in [5.41, 5.74) is 5.24. The minimum atomic E-state index is -0.244. The molecule has 0 saturated heterocycles. The molecular formula is C18H17ClN4O. The zero-order valence-electron chi connectivity index (χ0n) is 13.2. The van der Waals surface area contributed by atoms with Crippen LogP contribution in [0.5, 0.6) is 0 Å². The van der Waals surface area contributed by atoms with Crippen molar-refractivity contribution in [2.45, 2.75) is 13.5 Å². The van der Waals surface area contributed by atoms with Crippen LogP contribution in [0.25, 0.3) is 11.0 Å². The van der Waals surface area contributed by atoms with Crippen molar-refractivity contribution in [1.82, 2.24) is 15.0 Å². The maximum Gasteiger partial charge on any atom is 0.244 e. The molecule has 0 aliphatic carbocycles. The number of carbonyl (C=O) groups excluding carboxylic acids is 1. The molecule has 1 heterocycles. The first-order valence-electron chi connectivity index (χ1n) is 7.62. The van der Waals surface area contributed by atoms with Gasteiger partial charge in [-0.05, 0) is 18.2 Å². The summed E-state index contributed by atoms with van der Waals surface area (Å²) >= 11 is 6.04. The lowest BCUT2D eigenvalue weighted by molar-refractivity contribution is -0.124. The van der Waals surface area contributed by atoms with E-state index in [4.69, 9.17) is 11.6 Å². The van der Waals surface area contributed by atoms with Gasteiger partial charge in [0.05, 0.1) is 29.5 Å². The van der Waals surface area contributed by atoms with Crippen molar-refractivity contribution in [2.75, 3.05) is 0 Å². The van der Waals surface area contributed by atoms with Gasteiger partial charge in [0.15, 0.2) is 0 Å². The Labute approximate surface area is 145 Å². The van der Waals surface area contributed by atoms with E-state index in [2.05, 4.69) is 15.5 Å². The van der Waals surface area contributed by atoms with Crippen LogP contribution in [-0.2, 0) is 11.3 Å². The van der Waals surface area contributed by atoms with E-state index >= 15 is 0 Å². The standard InChI is InChI=1S/C18H17ClN4O/c1-13(11-23-12-20-16-8-4-5-9-17(16)23)18(24)22-21-10-14-6-2-3-7-15(14)19/h2-10,12-13H,11H2,1H3,(H,22,24)/b21-10-/t13-/m1/s1. The third-order valence-corrected chi connectivity index (χ3v) is 4.07. The first-order valence-corrected chi connectivity index (χ1v) is 8.00. The number of amides is 1. The van der Waals surface area contributed by atoms with Crippen LogP contribution in [0.3, 0.4) is 0 Å². The number of halogens is 1. The largest absolute Gasteiger partial charge is 0.330 e. The summed E-state index contributed by atoms with van der Waals surface area (Å²) < 4.78 is 1.97. The first-order chi connectivity index (χ1) is 11.6. The summed E-state index contributed by atoms with van der Waals surface area (Å²) in [5.74, 6) is -0.401. The van der Waals surface area contributed by atoms with Crippen LogP contribution in [0, 0.1) is 5.92 Å². The van der Waals surface area contributed by atoms with Crippen LogP contribution in [0.2, 0.25) is 5.02 Å². The highest BCUT2D eigenvalue weighted by atomic mass is 35.5. The number of nitrogens with one attached hydrogen (secondary N) is 1. The van der Waals surface area contributed by atoms with E-state index in [1.54, 1.807) is 18.6 Å². The second kappa shape index (κ2) is 7.27. The molecule has 24 heavy (non-hydrogen) atoms. The van der Waals surface area contributed by atoms with Crippen molar-refractivity contribution in [3.8, 4) is 0 Å². The molecule has 0 radical (unpaired) electrons. The lowest BCUT2D eigenvalue weighted by Crippen LogP contribution is -2.27. The summed E-state index contributed by atoms with van der Waals surface area (Å²) in [6.07, 6.45) is 3.29. The zero-order chi connectivity index (χ0) is 16.9. The van der Waals surface area contributed by atoms with Gasteiger partial charge >= 0.3 is 0 Å². The highest BCUT2D eigenvalue weighted by molar-refractivity contribution is 6.33. The number of carbonyl (C=O) groups is 1. The van der Waals surface area contributed by atoms with Crippen LogP contribution in [0.4, 0.5) is 0 Å². The fourth-order valence-electron chi connectivity index (χ4n) is 2.39. The Kier molecular flexibility index (Phi) is 4.91. The SMILES string of the molecule is C[C@H](Cn1cnc2ccccc21)C(=O)N/N=C\c1ccccc1Cl. The molecule has 0 aliphatic rings. The highest BCUT2D eigenvalue weighted by Crippen LogP contribution is 2.14. The first kappa shape index (κ1) is 16.2. The van der Waals surface area contributed by atoms with Gasteiger partial charge in [0.1, 0.15) is 0 Å². The number of benzene rings is 2. The van der Waals surface area contributed by atoms with E-state index < -0.39 is 0 Å². The molecule has 1 N–H and O–H groups in total. The molecule has 0 aliphatic heterocycles. The predicted octanol–water partition coefficient (Wildman–Crippen LogP) is 3.48. The molecule has 6 heteroatoms. The Balaban J connectivity index is 1.62. The van der Waals surface area contributed by atoms with Crippen molar-refractivity contribution >= 4 is 34.8 Å². The quantitative estimate of drug-likeness (QED) is 0.571. The van der Waals surface area contributed by atoms with E-state index in [1.807, 2.05) is 54.0 Å². The van der Waals surface area contributed by atoms with Crippen LogP contribution in [0.1, 0.15) is 12.5 Å². The van der Waals surface area contributed by atoms with Gasteiger partial charge in [-0.1, -0.05) is 48.9 Å². The summed E-state index contributed by atoms with van der Waals surface area (Å²) in [6.45, 7) is 2.39. The molecule has 0 saturated carbocycles. The summed E-state index contributed by atoms with van der Waals surface area (Å²) in [4.78, 5) is 16.5. The second-order valence-corrected chi connectivity index (χ2v) is 5.95. The second-order valence-electron chi connectivity index (χ2n) is 5.54. The Hall–Kier alpha value is -2.66. The summed E-state index contributed by atoms with van der Waals surface area (Å²) in [6, 6.07) is 15.2. The molecule has 0 fully saturated rings. The fourth-order valence-corrected chi connectivity index (χ4v) is 2.57. The minimum Gasteiger partial charge on any atom is -0.330 e. The van der Waals surface area contributed by atoms with Gasteiger partial charge in [-0.2, -0.15) is 5.10 Å². The van der Waals surface area contributed by atoms with Crippen molar-refractivity contribution in [2.24, 2.45) is 11.0 Å². The van der Waals surface area contributed by atoms with Gasteiger partial charge in [0.25, 0.3) is 0 Å². The number of nitrogens with zero attached hydrogens (tertiary/aromatic N) is 3. The Morgan fingerprint density at radius 1 is 1.29 bits per heavy atom.